The van der Waals surface area contributed by atoms with Crippen LogP contribution in [0.1, 0.15) is 0 Å². The van der Waals surface area contributed by atoms with E-state index in [-0.39, 0.29) is 25.0 Å². The van der Waals surface area contributed by atoms with E-state index in [2.05, 4.69) is 0 Å². The highest BCUT2D eigenvalue weighted by molar-refractivity contribution is 5.65. The van der Waals surface area contributed by atoms with Crippen LogP contribution >= 0.6 is 0 Å². The van der Waals surface area contributed by atoms with E-state index in [4.69, 9.17) is 14.6 Å². The van der Waals surface area contributed by atoms with Gasteiger partial charge >= 0.3 is 6.09 Å². The number of nitrogens with zero attached hydrogens (tertiary/aromatic N) is 1. The number of hydrogen-bond acceptors (Lipinski definition) is 4. The van der Waals surface area contributed by atoms with Crippen LogP contribution < -0.4 is 4.74 Å². The van der Waals surface area contributed by atoms with E-state index in [9.17, 15) is 9.90 Å². The minimum atomic E-state index is -0.953. The van der Waals surface area contributed by atoms with Gasteiger partial charge in [0, 0.05) is 6.54 Å². The van der Waals surface area contributed by atoms with Gasteiger partial charge in [-0.2, -0.15) is 0 Å². The van der Waals surface area contributed by atoms with Gasteiger partial charge in [0.15, 0.2) is 11.5 Å². The Balaban J connectivity index is 1.87. The molecule has 0 spiro atoms. The molecule has 1 aliphatic rings. The molecule has 0 aromatic heterocycles. The largest absolute Gasteiger partial charge is 0.504 e. The van der Waals surface area contributed by atoms with Crippen molar-refractivity contribution in [2.75, 3.05) is 26.3 Å². The first-order valence-corrected chi connectivity index (χ1v) is 5.67. The maximum atomic E-state index is 10.8. The first kappa shape index (κ1) is 12.5. The first-order chi connectivity index (χ1) is 8.66. The summed E-state index contributed by atoms with van der Waals surface area (Å²) in [6.45, 7) is 1.23. The van der Waals surface area contributed by atoms with E-state index in [1.54, 1.807) is 18.2 Å². The Bertz CT molecular complexity index is 423. The van der Waals surface area contributed by atoms with Crippen LogP contribution in [0.25, 0.3) is 0 Å². The first-order valence-electron chi connectivity index (χ1n) is 5.67. The minimum Gasteiger partial charge on any atom is -0.504 e. The minimum absolute atomic E-state index is 0.0587. The molecule has 1 amide bonds. The zero-order valence-corrected chi connectivity index (χ0v) is 9.78. The molecule has 1 unspecified atom stereocenters. The van der Waals surface area contributed by atoms with Crippen LogP contribution in [0.3, 0.4) is 0 Å². The summed E-state index contributed by atoms with van der Waals surface area (Å²) in [4.78, 5) is 12.1. The second-order valence-corrected chi connectivity index (χ2v) is 4.00. The van der Waals surface area contributed by atoms with Crippen molar-refractivity contribution in [2.24, 2.45) is 0 Å². The molecular weight excluding hydrogens is 238 g/mol. The number of ether oxygens (including phenoxy) is 2. The summed E-state index contributed by atoms with van der Waals surface area (Å²) >= 11 is 0. The Kier molecular flexibility index (Phi) is 3.88. The molecule has 1 aliphatic heterocycles. The van der Waals surface area contributed by atoms with Crippen molar-refractivity contribution in [1.29, 1.82) is 0 Å². The third-order valence-electron chi connectivity index (χ3n) is 2.70. The summed E-state index contributed by atoms with van der Waals surface area (Å²) in [7, 11) is 0. The van der Waals surface area contributed by atoms with Crippen LogP contribution in [0.5, 0.6) is 11.5 Å². The summed E-state index contributed by atoms with van der Waals surface area (Å²) in [6.07, 6.45) is -1.26. The number of phenols is 1. The number of phenolic OH excluding ortho intramolecular Hbond substituents is 1. The molecule has 0 saturated carbocycles. The normalized spacial score (nSPS) is 19.6. The van der Waals surface area contributed by atoms with E-state index in [0.29, 0.717) is 18.9 Å². The molecule has 0 aliphatic carbocycles. The van der Waals surface area contributed by atoms with Gasteiger partial charge < -0.3 is 24.6 Å². The second-order valence-electron chi connectivity index (χ2n) is 4.00. The molecule has 18 heavy (non-hydrogen) atoms. The Hall–Kier alpha value is -1.95. The van der Waals surface area contributed by atoms with Gasteiger partial charge in [-0.1, -0.05) is 12.1 Å². The maximum absolute atomic E-state index is 10.8. The lowest BCUT2D eigenvalue weighted by Gasteiger charge is -2.30. The number of hydrogen-bond donors (Lipinski definition) is 2. The van der Waals surface area contributed by atoms with Crippen molar-refractivity contribution >= 4 is 6.09 Å². The number of rotatable bonds is 3. The molecule has 2 N–H and O–H groups in total. The average molecular weight is 253 g/mol. The number of para-hydroxylation sites is 2. The average Bonchev–Trinajstić information content (AvgIpc) is 2.38. The smallest absolute Gasteiger partial charge is 0.407 e. The lowest BCUT2D eigenvalue weighted by molar-refractivity contribution is -0.0414. The molecule has 0 bridgehead atoms. The quantitative estimate of drug-likeness (QED) is 0.844. The summed E-state index contributed by atoms with van der Waals surface area (Å²) in [5.41, 5.74) is 0. The molecule has 1 aromatic carbocycles. The topological polar surface area (TPSA) is 79.2 Å². The zero-order chi connectivity index (χ0) is 13.0. The van der Waals surface area contributed by atoms with Crippen LogP contribution in [-0.4, -0.2) is 53.6 Å². The Labute approximate surface area is 104 Å². The van der Waals surface area contributed by atoms with Gasteiger partial charge in [-0.25, -0.2) is 4.79 Å². The van der Waals surface area contributed by atoms with Gasteiger partial charge in [0.05, 0.1) is 13.2 Å². The molecule has 98 valence electrons. The van der Waals surface area contributed by atoms with Crippen LogP contribution in [0.15, 0.2) is 24.3 Å². The van der Waals surface area contributed by atoms with Gasteiger partial charge in [0.2, 0.25) is 0 Å². The number of carboxylic acid groups (broad SMARTS) is 1. The van der Waals surface area contributed by atoms with Gasteiger partial charge in [0.1, 0.15) is 12.7 Å². The van der Waals surface area contributed by atoms with Crippen molar-refractivity contribution in [3.05, 3.63) is 24.3 Å². The monoisotopic (exact) mass is 253 g/mol. The van der Waals surface area contributed by atoms with Crippen LogP contribution in [-0.2, 0) is 4.74 Å². The number of morpholine rings is 1. The van der Waals surface area contributed by atoms with E-state index < -0.39 is 6.09 Å². The lowest BCUT2D eigenvalue weighted by Crippen LogP contribution is -2.47. The molecule has 2 rings (SSSR count). The SMILES string of the molecule is O=C(O)N1CCOC(COc2ccccc2O)C1. The summed E-state index contributed by atoms with van der Waals surface area (Å²) in [5, 5.41) is 18.4. The molecule has 1 saturated heterocycles. The second kappa shape index (κ2) is 5.59. The Morgan fingerprint density at radius 3 is 3.00 bits per heavy atom. The summed E-state index contributed by atoms with van der Waals surface area (Å²) in [5.74, 6) is 0.428. The third kappa shape index (κ3) is 3.04. The molecule has 1 fully saturated rings. The molecule has 0 radical (unpaired) electrons. The molecule has 1 aromatic rings. The number of amides is 1. The highest BCUT2D eigenvalue weighted by atomic mass is 16.5. The molecule has 1 heterocycles. The summed E-state index contributed by atoms with van der Waals surface area (Å²) in [6, 6.07) is 6.62. The summed E-state index contributed by atoms with van der Waals surface area (Å²) < 4.78 is 10.8. The van der Waals surface area contributed by atoms with Crippen molar-refractivity contribution in [2.45, 2.75) is 6.10 Å². The standard InChI is InChI=1S/C12H15NO5/c14-10-3-1-2-4-11(10)18-8-9-7-13(12(15)16)5-6-17-9/h1-4,9,14H,5-8H2,(H,15,16). The van der Waals surface area contributed by atoms with Crippen molar-refractivity contribution in [1.82, 2.24) is 4.90 Å². The fraction of sp³-hybridized carbons (Fsp3) is 0.417. The van der Waals surface area contributed by atoms with Crippen LogP contribution in [0, 0.1) is 0 Å². The van der Waals surface area contributed by atoms with Crippen molar-refractivity contribution < 1.29 is 24.5 Å². The number of benzene rings is 1. The number of aromatic hydroxyl groups is 1. The highest BCUT2D eigenvalue weighted by Crippen LogP contribution is 2.24. The fourth-order valence-corrected chi connectivity index (χ4v) is 1.76. The van der Waals surface area contributed by atoms with E-state index in [1.165, 1.54) is 11.0 Å². The predicted molar refractivity (Wildman–Crippen MR) is 62.9 cm³/mol. The molecule has 6 nitrogen and oxygen atoms in total. The molecule has 6 heteroatoms. The Morgan fingerprint density at radius 1 is 1.50 bits per heavy atom. The zero-order valence-electron chi connectivity index (χ0n) is 9.78. The fourth-order valence-electron chi connectivity index (χ4n) is 1.76. The highest BCUT2D eigenvalue weighted by Gasteiger charge is 2.24. The predicted octanol–water partition coefficient (Wildman–Crippen LogP) is 1.15. The van der Waals surface area contributed by atoms with E-state index >= 15 is 0 Å². The van der Waals surface area contributed by atoms with Crippen molar-refractivity contribution in [3.63, 3.8) is 0 Å². The molecular formula is C12H15NO5. The molecule has 1 atom stereocenters. The Morgan fingerprint density at radius 2 is 2.28 bits per heavy atom. The van der Waals surface area contributed by atoms with Crippen LogP contribution in [0.4, 0.5) is 4.79 Å². The van der Waals surface area contributed by atoms with Gasteiger partial charge in [-0.15, -0.1) is 0 Å². The van der Waals surface area contributed by atoms with Gasteiger partial charge in [-0.05, 0) is 12.1 Å². The van der Waals surface area contributed by atoms with Crippen LogP contribution in [0.2, 0.25) is 0 Å². The lowest BCUT2D eigenvalue weighted by atomic mass is 10.3. The van der Waals surface area contributed by atoms with Gasteiger partial charge in [-0.3, -0.25) is 0 Å². The van der Waals surface area contributed by atoms with E-state index in [1.807, 2.05) is 0 Å². The number of carbonyl (C=O) groups is 1. The third-order valence-corrected chi connectivity index (χ3v) is 2.70. The van der Waals surface area contributed by atoms with Gasteiger partial charge in [0.25, 0.3) is 0 Å². The van der Waals surface area contributed by atoms with Crippen molar-refractivity contribution in [3.8, 4) is 11.5 Å². The maximum Gasteiger partial charge on any atom is 0.407 e. The van der Waals surface area contributed by atoms with E-state index in [0.717, 1.165) is 0 Å².